The second-order valence-corrected chi connectivity index (χ2v) is 3.94. The molecule has 0 saturated heterocycles. The van der Waals surface area contributed by atoms with Gasteiger partial charge in [0.05, 0.1) is 12.8 Å². The number of hydrogen-bond donors (Lipinski definition) is 1. The first-order valence-corrected chi connectivity index (χ1v) is 5.65. The van der Waals surface area contributed by atoms with Gasteiger partial charge < -0.3 is 10.1 Å². The Labute approximate surface area is 112 Å². The molecular weight excluding hydrogens is 275 g/mol. The van der Waals surface area contributed by atoms with Crippen LogP contribution in [0.3, 0.4) is 0 Å². The Bertz CT molecular complexity index is 596. The summed E-state index contributed by atoms with van der Waals surface area (Å²) in [6.45, 7) is 0.445. The zero-order valence-corrected chi connectivity index (χ0v) is 10.8. The predicted octanol–water partition coefficient (Wildman–Crippen LogP) is 1.41. The van der Waals surface area contributed by atoms with Crippen LogP contribution in [0.15, 0.2) is 18.2 Å². The highest BCUT2D eigenvalue weighted by Crippen LogP contribution is 2.29. The van der Waals surface area contributed by atoms with E-state index in [2.05, 4.69) is 20.8 Å². The van der Waals surface area contributed by atoms with Gasteiger partial charge in [-0.15, -0.1) is 5.10 Å². The highest BCUT2D eigenvalue weighted by molar-refractivity contribution is 5.44. The third-order valence-corrected chi connectivity index (χ3v) is 2.60. The number of hydrogen-bond acceptors (Lipinski definition) is 5. The Kier molecular flexibility index (Phi) is 3.89. The standard InChI is InChI=1S/C11H12F3N5O/c1-15-6-7-5-8(3-4-9(7)20-2)19-10(11(12,13)14)16-17-18-19/h3-5,15H,6H2,1-2H3. The molecule has 0 fully saturated rings. The van der Waals surface area contributed by atoms with Gasteiger partial charge in [-0.3, -0.25) is 0 Å². The molecule has 2 aromatic rings. The first-order chi connectivity index (χ1) is 9.47. The molecule has 0 saturated carbocycles. The van der Waals surface area contributed by atoms with Crippen LogP contribution >= 0.6 is 0 Å². The fourth-order valence-corrected chi connectivity index (χ4v) is 1.76. The zero-order valence-electron chi connectivity index (χ0n) is 10.8. The molecule has 1 aromatic carbocycles. The first kappa shape index (κ1) is 14.3. The van der Waals surface area contributed by atoms with Crippen LogP contribution in [-0.2, 0) is 12.7 Å². The molecule has 0 aliphatic heterocycles. The average molecular weight is 287 g/mol. The van der Waals surface area contributed by atoms with E-state index < -0.39 is 12.0 Å². The number of methoxy groups -OCH3 is 1. The van der Waals surface area contributed by atoms with Crippen LogP contribution in [0, 0.1) is 0 Å². The summed E-state index contributed by atoms with van der Waals surface area (Å²) in [5.41, 5.74) is 0.921. The fraction of sp³-hybridized carbons (Fsp3) is 0.364. The van der Waals surface area contributed by atoms with Crippen LogP contribution in [0.2, 0.25) is 0 Å². The van der Waals surface area contributed by atoms with E-state index in [1.807, 2.05) is 0 Å². The molecule has 0 unspecified atom stereocenters. The summed E-state index contributed by atoms with van der Waals surface area (Å²) < 4.78 is 44.1. The molecule has 0 atom stereocenters. The second-order valence-electron chi connectivity index (χ2n) is 3.94. The molecule has 1 heterocycles. The van der Waals surface area contributed by atoms with Crippen molar-refractivity contribution in [3.63, 3.8) is 0 Å². The van der Waals surface area contributed by atoms with Crippen molar-refractivity contribution >= 4 is 0 Å². The van der Waals surface area contributed by atoms with E-state index in [9.17, 15) is 13.2 Å². The monoisotopic (exact) mass is 287 g/mol. The Morgan fingerprint density at radius 2 is 2.10 bits per heavy atom. The number of nitrogens with one attached hydrogen (secondary N) is 1. The van der Waals surface area contributed by atoms with E-state index in [1.165, 1.54) is 13.2 Å². The maximum absolute atomic E-state index is 12.8. The van der Waals surface area contributed by atoms with Gasteiger partial charge in [-0.05, 0) is 35.7 Å². The lowest BCUT2D eigenvalue weighted by Gasteiger charge is -2.12. The summed E-state index contributed by atoms with van der Waals surface area (Å²) in [5.74, 6) is -0.595. The highest BCUT2D eigenvalue weighted by atomic mass is 19.4. The Balaban J connectivity index is 2.49. The van der Waals surface area contributed by atoms with Crippen molar-refractivity contribution in [1.82, 2.24) is 25.5 Å². The number of alkyl halides is 3. The molecule has 0 aliphatic carbocycles. The normalized spacial score (nSPS) is 11.7. The largest absolute Gasteiger partial charge is 0.496 e. The minimum Gasteiger partial charge on any atom is -0.496 e. The molecule has 0 amide bonds. The number of rotatable bonds is 4. The number of halogens is 3. The van der Waals surface area contributed by atoms with Crippen molar-refractivity contribution in [2.45, 2.75) is 12.7 Å². The molecule has 1 N–H and O–H groups in total. The summed E-state index contributed by atoms with van der Waals surface area (Å²) in [6, 6.07) is 4.58. The molecule has 6 nitrogen and oxygen atoms in total. The minimum absolute atomic E-state index is 0.216. The van der Waals surface area contributed by atoms with E-state index >= 15 is 0 Å². The van der Waals surface area contributed by atoms with Crippen molar-refractivity contribution in [3.8, 4) is 11.4 Å². The lowest BCUT2D eigenvalue weighted by atomic mass is 10.1. The van der Waals surface area contributed by atoms with Crippen molar-refractivity contribution in [2.75, 3.05) is 14.2 Å². The quantitative estimate of drug-likeness (QED) is 0.921. The van der Waals surface area contributed by atoms with Gasteiger partial charge in [-0.2, -0.15) is 17.9 Å². The summed E-state index contributed by atoms with van der Waals surface area (Å²) in [7, 11) is 3.22. The molecule has 0 spiro atoms. The number of nitrogens with zero attached hydrogens (tertiary/aromatic N) is 4. The summed E-state index contributed by atoms with van der Waals surface area (Å²) in [6.07, 6.45) is -4.62. The van der Waals surface area contributed by atoms with E-state index in [1.54, 1.807) is 19.2 Å². The number of benzene rings is 1. The Hall–Kier alpha value is -2.16. The molecule has 108 valence electrons. The van der Waals surface area contributed by atoms with E-state index in [0.717, 1.165) is 0 Å². The van der Waals surface area contributed by atoms with Crippen LogP contribution in [0.1, 0.15) is 11.4 Å². The molecule has 9 heteroatoms. The van der Waals surface area contributed by atoms with Crippen LogP contribution < -0.4 is 10.1 Å². The maximum atomic E-state index is 12.8. The van der Waals surface area contributed by atoms with Crippen molar-refractivity contribution < 1.29 is 17.9 Å². The minimum atomic E-state index is -4.62. The smallest absolute Gasteiger partial charge is 0.453 e. The van der Waals surface area contributed by atoms with Crippen LogP contribution in [-0.4, -0.2) is 34.4 Å². The molecule has 1 aromatic heterocycles. The van der Waals surface area contributed by atoms with Gasteiger partial charge in [0.25, 0.3) is 5.82 Å². The lowest BCUT2D eigenvalue weighted by Crippen LogP contribution is -2.15. The average Bonchev–Trinajstić information content (AvgIpc) is 2.88. The topological polar surface area (TPSA) is 64.9 Å². The second kappa shape index (κ2) is 5.45. The van der Waals surface area contributed by atoms with Gasteiger partial charge in [-0.1, -0.05) is 0 Å². The van der Waals surface area contributed by atoms with Gasteiger partial charge in [0, 0.05) is 12.1 Å². The molecule has 0 bridgehead atoms. The summed E-state index contributed by atoms with van der Waals surface area (Å²) in [4.78, 5) is 0. The van der Waals surface area contributed by atoms with Crippen molar-refractivity contribution in [1.29, 1.82) is 0 Å². The van der Waals surface area contributed by atoms with Crippen LogP contribution in [0.5, 0.6) is 5.75 Å². The number of tetrazole rings is 1. The van der Waals surface area contributed by atoms with E-state index in [-0.39, 0.29) is 5.69 Å². The van der Waals surface area contributed by atoms with Gasteiger partial charge in [0.2, 0.25) is 0 Å². The fourth-order valence-electron chi connectivity index (χ4n) is 1.76. The van der Waals surface area contributed by atoms with Gasteiger partial charge in [-0.25, -0.2) is 0 Å². The SMILES string of the molecule is CNCc1cc(-n2nnnc2C(F)(F)F)ccc1OC. The molecular formula is C11H12F3N5O. The molecule has 2 rings (SSSR count). The molecule has 20 heavy (non-hydrogen) atoms. The first-order valence-electron chi connectivity index (χ1n) is 5.65. The lowest BCUT2D eigenvalue weighted by molar-refractivity contribution is -0.146. The Morgan fingerprint density at radius 3 is 2.70 bits per heavy atom. The molecule has 0 aliphatic rings. The maximum Gasteiger partial charge on any atom is 0.453 e. The van der Waals surface area contributed by atoms with Crippen molar-refractivity contribution in [3.05, 3.63) is 29.6 Å². The van der Waals surface area contributed by atoms with E-state index in [0.29, 0.717) is 22.5 Å². The zero-order chi connectivity index (χ0) is 14.8. The summed E-state index contributed by atoms with van der Waals surface area (Å²) in [5, 5.41) is 12.4. The van der Waals surface area contributed by atoms with E-state index in [4.69, 9.17) is 4.74 Å². The predicted molar refractivity (Wildman–Crippen MR) is 63.5 cm³/mol. The van der Waals surface area contributed by atoms with Crippen LogP contribution in [0.25, 0.3) is 5.69 Å². The van der Waals surface area contributed by atoms with Crippen LogP contribution in [0.4, 0.5) is 13.2 Å². The Morgan fingerprint density at radius 1 is 1.35 bits per heavy atom. The third-order valence-electron chi connectivity index (χ3n) is 2.60. The number of ether oxygens (including phenoxy) is 1. The number of aromatic nitrogens is 4. The van der Waals surface area contributed by atoms with Gasteiger partial charge in [0.1, 0.15) is 5.75 Å². The highest BCUT2D eigenvalue weighted by Gasteiger charge is 2.38. The van der Waals surface area contributed by atoms with Crippen molar-refractivity contribution in [2.24, 2.45) is 0 Å². The third kappa shape index (κ3) is 2.72. The van der Waals surface area contributed by atoms with Gasteiger partial charge >= 0.3 is 6.18 Å². The summed E-state index contributed by atoms with van der Waals surface area (Å²) >= 11 is 0. The van der Waals surface area contributed by atoms with Gasteiger partial charge in [0.15, 0.2) is 0 Å². The molecule has 0 radical (unpaired) electrons.